The van der Waals surface area contributed by atoms with Crippen LogP contribution in [0.4, 0.5) is 8.78 Å². The fourth-order valence-corrected chi connectivity index (χ4v) is 2.80. The van der Waals surface area contributed by atoms with Gasteiger partial charge in [-0.15, -0.1) is 0 Å². The van der Waals surface area contributed by atoms with E-state index >= 15 is 0 Å². The monoisotopic (exact) mass is 277 g/mol. The molecular formula is C12H17F2NO2S. The zero-order chi connectivity index (χ0) is 13.6. The van der Waals surface area contributed by atoms with Crippen LogP contribution in [0.25, 0.3) is 0 Å². The van der Waals surface area contributed by atoms with Crippen LogP contribution >= 0.6 is 0 Å². The minimum atomic E-state index is -3.53. The van der Waals surface area contributed by atoms with E-state index in [-0.39, 0.29) is 10.6 Å². The van der Waals surface area contributed by atoms with Crippen molar-refractivity contribution in [3.8, 4) is 0 Å². The van der Waals surface area contributed by atoms with Gasteiger partial charge in [0.05, 0.1) is 10.6 Å². The molecule has 0 aliphatic heterocycles. The number of hydrogen-bond acceptors (Lipinski definition) is 3. The Kier molecular flexibility index (Phi) is 5.68. The third-order valence-corrected chi connectivity index (χ3v) is 4.24. The van der Waals surface area contributed by atoms with Crippen LogP contribution in [0.1, 0.15) is 19.8 Å². The number of hydrogen-bond donors (Lipinski definition) is 1. The summed E-state index contributed by atoms with van der Waals surface area (Å²) in [4.78, 5) is -0.170. The summed E-state index contributed by atoms with van der Waals surface area (Å²) in [6.45, 7) is 3.45. The lowest BCUT2D eigenvalue weighted by Gasteiger charge is -2.05. The molecule has 0 amide bonds. The van der Waals surface area contributed by atoms with Gasteiger partial charge in [0.25, 0.3) is 0 Å². The molecule has 3 nitrogen and oxygen atoms in total. The van der Waals surface area contributed by atoms with Crippen LogP contribution in [0.15, 0.2) is 23.1 Å². The highest BCUT2D eigenvalue weighted by molar-refractivity contribution is 7.91. The van der Waals surface area contributed by atoms with Gasteiger partial charge in [-0.05, 0) is 44.1 Å². The maximum Gasteiger partial charge on any atom is 0.178 e. The molecule has 0 unspecified atom stereocenters. The quantitative estimate of drug-likeness (QED) is 0.613. The molecule has 0 spiro atoms. The smallest absolute Gasteiger partial charge is 0.178 e. The highest BCUT2D eigenvalue weighted by atomic mass is 32.2. The molecule has 1 rings (SSSR count). The van der Waals surface area contributed by atoms with E-state index in [4.69, 9.17) is 0 Å². The SMILES string of the molecule is CCCNCCCS(=O)(=O)c1ccc(F)c(F)c1. The minimum absolute atomic E-state index is 0.0746. The average molecular weight is 277 g/mol. The Morgan fingerprint density at radius 3 is 2.50 bits per heavy atom. The van der Waals surface area contributed by atoms with Crippen molar-refractivity contribution in [1.29, 1.82) is 0 Å². The molecule has 0 bridgehead atoms. The summed E-state index contributed by atoms with van der Waals surface area (Å²) in [6, 6.07) is 2.65. The predicted molar refractivity (Wildman–Crippen MR) is 66.2 cm³/mol. The number of sulfone groups is 1. The van der Waals surface area contributed by atoms with Gasteiger partial charge in [0.15, 0.2) is 21.5 Å². The van der Waals surface area contributed by atoms with Gasteiger partial charge in [0.2, 0.25) is 0 Å². The van der Waals surface area contributed by atoms with Gasteiger partial charge in [0, 0.05) is 0 Å². The minimum Gasteiger partial charge on any atom is -0.317 e. The molecule has 0 radical (unpaired) electrons. The van der Waals surface area contributed by atoms with Crippen LogP contribution in [0.5, 0.6) is 0 Å². The fourth-order valence-electron chi connectivity index (χ4n) is 1.48. The first-order chi connectivity index (χ1) is 8.47. The summed E-state index contributed by atoms with van der Waals surface area (Å²) in [5.74, 6) is -2.26. The van der Waals surface area contributed by atoms with E-state index in [1.165, 1.54) is 0 Å². The maximum absolute atomic E-state index is 12.9. The van der Waals surface area contributed by atoms with Gasteiger partial charge in [-0.3, -0.25) is 0 Å². The molecular weight excluding hydrogens is 260 g/mol. The van der Waals surface area contributed by atoms with Crippen molar-refractivity contribution in [2.75, 3.05) is 18.8 Å². The first kappa shape index (κ1) is 15.0. The summed E-state index contributed by atoms with van der Waals surface area (Å²) in [5.41, 5.74) is 0. The fraction of sp³-hybridized carbons (Fsp3) is 0.500. The van der Waals surface area contributed by atoms with E-state index < -0.39 is 21.5 Å². The Morgan fingerprint density at radius 1 is 1.17 bits per heavy atom. The second-order valence-corrected chi connectivity index (χ2v) is 6.11. The zero-order valence-corrected chi connectivity index (χ0v) is 11.1. The van der Waals surface area contributed by atoms with Crippen molar-refractivity contribution in [3.05, 3.63) is 29.8 Å². The number of halogens is 2. The third-order valence-electron chi connectivity index (χ3n) is 2.44. The molecule has 0 atom stereocenters. The van der Waals surface area contributed by atoms with Crippen molar-refractivity contribution < 1.29 is 17.2 Å². The number of benzene rings is 1. The Balaban J connectivity index is 2.60. The van der Waals surface area contributed by atoms with Gasteiger partial charge in [0.1, 0.15) is 0 Å². The second-order valence-electron chi connectivity index (χ2n) is 4.00. The Hall–Kier alpha value is -1.01. The summed E-state index contributed by atoms with van der Waals surface area (Å²) in [6.07, 6.45) is 1.43. The van der Waals surface area contributed by atoms with Gasteiger partial charge < -0.3 is 5.32 Å². The summed E-state index contributed by atoms with van der Waals surface area (Å²) < 4.78 is 49.3. The summed E-state index contributed by atoms with van der Waals surface area (Å²) in [7, 11) is -3.53. The van der Waals surface area contributed by atoms with Crippen LogP contribution in [0, 0.1) is 11.6 Å². The topological polar surface area (TPSA) is 46.2 Å². The summed E-state index contributed by atoms with van der Waals surface area (Å²) in [5, 5.41) is 3.08. The molecule has 1 N–H and O–H groups in total. The summed E-state index contributed by atoms with van der Waals surface area (Å²) >= 11 is 0. The molecule has 0 aliphatic carbocycles. The third kappa shape index (κ3) is 4.34. The van der Waals surface area contributed by atoms with Crippen molar-refractivity contribution in [3.63, 3.8) is 0 Å². The van der Waals surface area contributed by atoms with Crippen LogP contribution < -0.4 is 5.32 Å². The lowest BCUT2D eigenvalue weighted by Crippen LogP contribution is -2.19. The first-order valence-electron chi connectivity index (χ1n) is 5.86. The van der Waals surface area contributed by atoms with Crippen LogP contribution in [0.2, 0.25) is 0 Å². The average Bonchev–Trinajstić information content (AvgIpc) is 2.32. The lowest BCUT2D eigenvalue weighted by molar-refractivity contribution is 0.504. The lowest BCUT2D eigenvalue weighted by atomic mass is 10.3. The maximum atomic E-state index is 12.9. The molecule has 0 saturated carbocycles. The van der Waals surface area contributed by atoms with E-state index in [1.807, 2.05) is 6.92 Å². The zero-order valence-electron chi connectivity index (χ0n) is 10.2. The highest BCUT2D eigenvalue weighted by Crippen LogP contribution is 2.15. The second kappa shape index (κ2) is 6.80. The van der Waals surface area contributed by atoms with E-state index in [0.29, 0.717) is 13.0 Å². The normalized spacial score (nSPS) is 11.7. The van der Waals surface area contributed by atoms with Crippen LogP contribution in [0.3, 0.4) is 0 Å². The highest BCUT2D eigenvalue weighted by Gasteiger charge is 2.16. The van der Waals surface area contributed by atoms with Crippen LogP contribution in [-0.4, -0.2) is 27.3 Å². The molecule has 0 fully saturated rings. The molecule has 1 aromatic carbocycles. The first-order valence-corrected chi connectivity index (χ1v) is 7.51. The van der Waals surface area contributed by atoms with E-state index in [2.05, 4.69) is 5.32 Å². The number of nitrogens with one attached hydrogen (secondary N) is 1. The van der Waals surface area contributed by atoms with Gasteiger partial charge >= 0.3 is 0 Å². The van der Waals surface area contributed by atoms with E-state index in [0.717, 1.165) is 31.2 Å². The molecule has 102 valence electrons. The van der Waals surface area contributed by atoms with Crippen molar-refractivity contribution in [1.82, 2.24) is 5.32 Å². The molecule has 6 heteroatoms. The largest absolute Gasteiger partial charge is 0.317 e. The van der Waals surface area contributed by atoms with Gasteiger partial charge in [-0.2, -0.15) is 0 Å². The Labute approximate surface area is 106 Å². The molecule has 18 heavy (non-hydrogen) atoms. The molecule has 0 aromatic heterocycles. The molecule has 0 aliphatic rings. The predicted octanol–water partition coefficient (Wildman–Crippen LogP) is 2.13. The van der Waals surface area contributed by atoms with Crippen LogP contribution in [-0.2, 0) is 9.84 Å². The number of rotatable bonds is 7. The van der Waals surface area contributed by atoms with Crippen molar-refractivity contribution in [2.24, 2.45) is 0 Å². The Morgan fingerprint density at radius 2 is 1.89 bits per heavy atom. The van der Waals surface area contributed by atoms with Gasteiger partial charge in [-0.1, -0.05) is 6.92 Å². The van der Waals surface area contributed by atoms with E-state index in [1.54, 1.807) is 0 Å². The Bertz CT molecular complexity index is 489. The molecule has 1 aromatic rings. The standard InChI is InChI=1S/C12H17F2NO2S/c1-2-6-15-7-3-8-18(16,17)10-4-5-11(13)12(14)9-10/h4-5,9,15H,2-3,6-8H2,1H3. The van der Waals surface area contributed by atoms with Crippen molar-refractivity contribution >= 4 is 9.84 Å². The molecule has 0 saturated heterocycles. The van der Waals surface area contributed by atoms with Crippen molar-refractivity contribution in [2.45, 2.75) is 24.7 Å². The van der Waals surface area contributed by atoms with E-state index in [9.17, 15) is 17.2 Å². The molecule has 0 heterocycles. The van der Waals surface area contributed by atoms with Gasteiger partial charge in [-0.25, -0.2) is 17.2 Å².